The van der Waals surface area contributed by atoms with E-state index in [1.807, 2.05) is 20.2 Å². The second-order valence-electron chi connectivity index (χ2n) is 5.54. The summed E-state index contributed by atoms with van der Waals surface area (Å²) >= 11 is 0. The highest BCUT2D eigenvalue weighted by Gasteiger charge is 2.31. The molecular weight excluding hydrogens is 216 g/mol. The van der Waals surface area contributed by atoms with E-state index in [9.17, 15) is 5.11 Å². The molecule has 0 aliphatic heterocycles. The summed E-state index contributed by atoms with van der Waals surface area (Å²) in [7, 11) is 1.87. The first-order valence-electron chi connectivity index (χ1n) is 6.11. The van der Waals surface area contributed by atoms with Gasteiger partial charge in [-0.25, -0.2) is 0 Å². The molecule has 1 N–H and O–H groups in total. The molecule has 1 aromatic heterocycles. The molecule has 0 aromatic carbocycles. The standard InChI is InChI=1S/C13H24N2O2/c1-6-17-12(13(2,3)4)11(16)7-10-8-14-15(5)9-10/h8-9,11-12,16H,6-7H2,1-5H3. The van der Waals surface area contributed by atoms with Gasteiger partial charge in [0.25, 0.3) is 0 Å². The van der Waals surface area contributed by atoms with Crippen molar-refractivity contribution in [2.45, 2.75) is 46.3 Å². The van der Waals surface area contributed by atoms with E-state index >= 15 is 0 Å². The zero-order chi connectivity index (χ0) is 13.1. The molecule has 98 valence electrons. The molecule has 1 heterocycles. The first-order chi connectivity index (χ1) is 7.84. The zero-order valence-corrected chi connectivity index (χ0v) is 11.5. The van der Waals surface area contributed by atoms with Crippen LogP contribution in [0, 0.1) is 5.41 Å². The van der Waals surface area contributed by atoms with E-state index in [4.69, 9.17) is 4.74 Å². The predicted molar refractivity (Wildman–Crippen MR) is 67.8 cm³/mol. The van der Waals surface area contributed by atoms with Crippen LogP contribution in [-0.2, 0) is 18.2 Å². The molecule has 0 aliphatic rings. The fourth-order valence-electron chi connectivity index (χ4n) is 2.04. The van der Waals surface area contributed by atoms with Crippen LogP contribution in [0.15, 0.2) is 12.4 Å². The Balaban J connectivity index is 2.68. The van der Waals surface area contributed by atoms with Crippen molar-refractivity contribution < 1.29 is 9.84 Å². The molecule has 0 saturated carbocycles. The molecule has 0 saturated heterocycles. The van der Waals surface area contributed by atoms with E-state index in [-0.39, 0.29) is 11.5 Å². The third kappa shape index (κ3) is 4.13. The average Bonchev–Trinajstić information content (AvgIpc) is 2.58. The van der Waals surface area contributed by atoms with Crippen LogP contribution in [0.4, 0.5) is 0 Å². The maximum atomic E-state index is 10.3. The Morgan fingerprint density at radius 2 is 2.12 bits per heavy atom. The lowest BCUT2D eigenvalue weighted by molar-refractivity contribution is -0.0873. The maximum absolute atomic E-state index is 10.3. The van der Waals surface area contributed by atoms with Crippen LogP contribution in [0.5, 0.6) is 0 Å². The van der Waals surface area contributed by atoms with Crippen molar-refractivity contribution in [2.24, 2.45) is 12.5 Å². The normalized spacial score (nSPS) is 15.9. The Kier molecular flexibility index (Phi) is 4.71. The van der Waals surface area contributed by atoms with Gasteiger partial charge in [0.05, 0.1) is 18.4 Å². The van der Waals surface area contributed by atoms with Crippen LogP contribution in [0.3, 0.4) is 0 Å². The van der Waals surface area contributed by atoms with E-state index in [2.05, 4.69) is 25.9 Å². The van der Waals surface area contributed by atoms with E-state index in [0.717, 1.165) is 5.56 Å². The maximum Gasteiger partial charge on any atom is 0.0885 e. The highest BCUT2D eigenvalue weighted by atomic mass is 16.5. The van der Waals surface area contributed by atoms with Crippen LogP contribution in [0.1, 0.15) is 33.3 Å². The van der Waals surface area contributed by atoms with Crippen LogP contribution in [-0.4, -0.2) is 33.7 Å². The van der Waals surface area contributed by atoms with Gasteiger partial charge in [0.15, 0.2) is 0 Å². The Bertz CT molecular complexity index is 341. The quantitative estimate of drug-likeness (QED) is 0.853. The van der Waals surface area contributed by atoms with Gasteiger partial charge in [0.1, 0.15) is 0 Å². The number of nitrogens with zero attached hydrogens (tertiary/aromatic N) is 2. The first-order valence-corrected chi connectivity index (χ1v) is 6.11. The Labute approximate surface area is 104 Å². The van der Waals surface area contributed by atoms with Crippen molar-refractivity contribution in [2.75, 3.05) is 6.61 Å². The highest BCUT2D eigenvalue weighted by Crippen LogP contribution is 2.26. The number of aromatic nitrogens is 2. The molecular formula is C13H24N2O2. The zero-order valence-electron chi connectivity index (χ0n) is 11.5. The minimum Gasteiger partial charge on any atom is -0.390 e. The summed E-state index contributed by atoms with van der Waals surface area (Å²) in [5.74, 6) is 0. The summed E-state index contributed by atoms with van der Waals surface area (Å²) in [6, 6.07) is 0. The lowest BCUT2D eigenvalue weighted by Gasteiger charge is -2.34. The lowest BCUT2D eigenvalue weighted by Crippen LogP contribution is -2.41. The number of rotatable bonds is 5. The van der Waals surface area contributed by atoms with E-state index in [1.165, 1.54) is 0 Å². The van der Waals surface area contributed by atoms with Crippen molar-refractivity contribution in [3.05, 3.63) is 18.0 Å². The highest BCUT2D eigenvalue weighted by molar-refractivity contribution is 5.06. The largest absolute Gasteiger partial charge is 0.390 e. The Morgan fingerprint density at radius 1 is 1.47 bits per heavy atom. The van der Waals surface area contributed by atoms with Gasteiger partial charge in [0, 0.05) is 26.3 Å². The van der Waals surface area contributed by atoms with Crippen LogP contribution < -0.4 is 0 Å². The fraction of sp³-hybridized carbons (Fsp3) is 0.769. The van der Waals surface area contributed by atoms with E-state index in [0.29, 0.717) is 13.0 Å². The summed E-state index contributed by atoms with van der Waals surface area (Å²) in [5.41, 5.74) is 0.964. The van der Waals surface area contributed by atoms with Gasteiger partial charge in [-0.1, -0.05) is 20.8 Å². The average molecular weight is 240 g/mol. The molecule has 2 atom stereocenters. The number of hydrogen-bond donors (Lipinski definition) is 1. The summed E-state index contributed by atoms with van der Waals surface area (Å²) in [6.07, 6.45) is 3.63. The smallest absolute Gasteiger partial charge is 0.0885 e. The SMILES string of the molecule is CCOC(C(O)Cc1cnn(C)c1)C(C)(C)C. The van der Waals surface area contributed by atoms with Crippen molar-refractivity contribution in [1.29, 1.82) is 0 Å². The number of aliphatic hydroxyl groups excluding tert-OH is 1. The molecule has 0 aliphatic carbocycles. The second kappa shape index (κ2) is 5.65. The first kappa shape index (κ1) is 14.2. The summed E-state index contributed by atoms with van der Waals surface area (Å²) in [4.78, 5) is 0. The van der Waals surface area contributed by atoms with Gasteiger partial charge in [-0.3, -0.25) is 4.68 Å². The van der Waals surface area contributed by atoms with Crippen LogP contribution in [0.2, 0.25) is 0 Å². The van der Waals surface area contributed by atoms with Crippen molar-refractivity contribution in [3.8, 4) is 0 Å². The molecule has 0 radical (unpaired) electrons. The topological polar surface area (TPSA) is 47.3 Å². The summed E-state index contributed by atoms with van der Waals surface area (Å²) in [5, 5.41) is 14.4. The van der Waals surface area contributed by atoms with Crippen molar-refractivity contribution in [3.63, 3.8) is 0 Å². The monoisotopic (exact) mass is 240 g/mol. The molecule has 17 heavy (non-hydrogen) atoms. The van der Waals surface area contributed by atoms with E-state index < -0.39 is 6.10 Å². The minimum absolute atomic E-state index is 0.0718. The van der Waals surface area contributed by atoms with Gasteiger partial charge in [-0.05, 0) is 17.9 Å². The second-order valence-corrected chi connectivity index (χ2v) is 5.54. The van der Waals surface area contributed by atoms with Gasteiger partial charge in [0.2, 0.25) is 0 Å². The molecule has 4 nitrogen and oxygen atoms in total. The third-order valence-corrected chi connectivity index (χ3v) is 2.75. The fourth-order valence-corrected chi connectivity index (χ4v) is 2.04. The molecule has 4 heteroatoms. The number of aryl methyl sites for hydroxylation is 1. The molecule has 1 aromatic rings. The Morgan fingerprint density at radius 3 is 2.53 bits per heavy atom. The number of hydrogen-bond acceptors (Lipinski definition) is 3. The van der Waals surface area contributed by atoms with Gasteiger partial charge in [-0.2, -0.15) is 5.10 Å². The van der Waals surface area contributed by atoms with Crippen molar-refractivity contribution in [1.82, 2.24) is 9.78 Å². The van der Waals surface area contributed by atoms with Gasteiger partial charge in [-0.15, -0.1) is 0 Å². The predicted octanol–water partition coefficient (Wildman–Crippen LogP) is 1.77. The number of aliphatic hydroxyl groups is 1. The van der Waals surface area contributed by atoms with Gasteiger partial charge < -0.3 is 9.84 Å². The summed E-state index contributed by atoms with van der Waals surface area (Å²) in [6.45, 7) is 8.82. The molecule has 0 fully saturated rings. The molecule has 1 rings (SSSR count). The summed E-state index contributed by atoms with van der Waals surface area (Å²) < 4.78 is 7.41. The van der Waals surface area contributed by atoms with Gasteiger partial charge >= 0.3 is 0 Å². The Hall–Kier alpha value is -0.870. The van der Waals surface area contributed by atoms with E-state index in [1.54, 1.807) is 10.9 Å². The lowest BCUT2D eigenvalue weighted by atomic mass is 9.84. The molecule has 0 spiro atoms. The van der Waals surface area contributed by atoms with Crippen LogP contribution in [0.25, 0.3) is 0 Å². The minimum atomic E-state index is -0.501. The number of ether oxygens (including phenoxy) is 1. The third-order valence-electron chi connectivity index (χ3n) is 2.75. The molecule has 0 amide bonds. The van der Waals surface area contributed by atoms with Crippen molar-refractivity contribution >= 4 is 0 Å². The molecule has 2 unspecified atom stereocenters. The molecule has 0 bridgehead atoms. The van der Waals surface area contributed by atoms with Crippen LogP contribution >= 0.6 is 0 Å².